The Balaban J connectivity index is 0.00000173. The van der Waals surface area contributed by atoms with E-state index < -0.39 is 0 Å². The molecule has 0 amide bonds. The second-order valence-corrected chi connectivity index (χ2v) is 10.4. The van der Waals surface area contributed by atoms with Crippen LogP contribution in [0.2, 0.25) is 0 Å². The fraction of sp³-hybridized carbons (Fsp3) is 0.382. The summed E-state index contributed by atoms with van der Waals surface area (Å²) in [6, 6.07) is 8.98. The van der Waals surface area contributed by atoms with Crippen molar-refractivity contribution in [3.63, 3.8) is 0 Å². The standard InChI is InChI=1S/C32H36N6O2.C2H6/c1-3-9-28(27-15-7-4-10-23(27)2)40-32-35-30(29-31(36-32)38(22-33-29)26-12-5-6-13-26)34-24-11-8-14-25(17-16-24)37-18-20-39-21-19-37;1-2/h3-4,7-11,14-17,22,25-26H,1,5-6,12-13,18-21H2,2H3,(H,34,35,36);1-2H3/b28-9+;. The van der Waals surface area contributed by atoms with Crippen LogP contribution < -0.4 is 10.1 Å². The lowest BCUT2D eigenvalue weighted by atomic mass is 10.1. The van der Waals surface area contributed by atoms with Crippen molar-refractivity contribution < 1.29 is 9.47 Å². The van der Waals surface area contributed by atoms with Gasteiger partial charge in [-0.1, -0.05) is 81.8 Å². The molecule has 0 bridgehead atoms. The summed E-state index contributed by atoms with van der Waals surface area (Å²) in [4.78, 5) is 16.9. The minimum atomic E-state index is 0.228. The van der Waals surface area contributed by atoms with E-state index in [9.17, 15) is 0 Å². The molecule has 1 saturated carbocycles. The zero-order chi connectivity index (χ0) is 29.3. The number of aromatic nitrogens is 4. The summed E-state index contributed by atoms with van der Waals surface area (Å²) in [6.45, 7) is 13.3. The van der Waals surface area contributed by atoms with Crippen LogP contribution in [0.4, 0.5) is 5.82 Å². The van der Waals surface area contributed by atoms with Crippen LogP contribution in [0.3, 0.4) is 0 Å². The fourth-order valence-electron chi connectivity index (χ4n) is 5.65. The Morgan fingerprint density at radius 3 is 2.64 bits per heavy atom. The molecule has 3 aliphatic rings. The topological polar surface area (TPSA) is 77.3 Å². The van der Waals surface area contributed by atoms with E-state index in [-0.39, 0.29) is 12.1 Å². The lowest BCUT2D eigenvalue weighted by molar-refractivity contribution is 0.0330. The van der Waals surface area contributed by atoms with E-state index in [4.69, 9.17) is 24.4 Å². The predicted octanol–water partition coefficient (Wildman–Crippen LogP) is 7.00. The molecular formula is C34H42N6O2. The second-order valence-electron chi connectivity index (χ2n) is 10.4. The smallest absolute Gasteiger partial charge is 0.326 e. The van der Waals surface area contributed by atoms with Crippen molar-refractivity contribution in [2.75, 3.05) is 31.6 Å². The molecule has 2 aromatic heterocycles. The molecular weight excluding hydrogens is 524 g/mol. The molecule has 0 spiro atoms. The molecule has 2 fully saturated rings. The molecule has 1 unspecified atom stereocenters. The number of fused-ring (bicyclic) bond motifs is 1. The highest BCUT2D eigenvalue weighted by molar-refractivity contribution is 5.85. The third-order valence-corrected chi connectivity index (χ3v) is 7.79. The van der Waals surface area contributed by atoms with Gasteiger partial charge in [0.1, 0.15) is 5.76 Å². The van der Waals surface area contributed by atoms with Crippen LogP contribution in [0.5, 0.6) is 6.01 Å². The summed E-state index contributed by atoms with van der Waals surface area (Å²) in [7, 11) is 0. The molecule has 42 heavy (non-hydrogen) atoms. The molecule has 8 nitrogen and oxygen atoms in total. The summed E-state index contributed by atoms with van der Waals surface area (Å²) < 4.78 is 14.1. The molecule has 3 heterocycles. The van der Waals surface area contributed by atoms with Gasteiger partial charge in [-0.3, -0.25) is 4.90 Å². The van der Waals surface area contributed by atoms with Gasteiger partial charge >= 0.3 is 6.01 Å². The minimum absolute atomic E-state index is 0.228. The van der Waals surface area contributed by atoms with Crippen molar-refractivity contribution in [2.45, 2.75) is 58.5 Å². The van der Waals surface area contributed by atoms with E-state index >= 15 is 0 Å². The molecule has 1 aliphatic heterocycles. The Labute approximate surface area is 249 Å². The fourth-order valence-corrected chi connectivity index (χ4v) is 5.65. The maximum Gasteiger partial charge on any atom is 0.326 e. The van der Waals surface area contributed by atoms with Gasteiger partial charge in [0.15, 0.2) is 17.0 Å². The largest absolute Gasteiger partial charge is 0.424 e. The lowest BCUT2D eigenvalue weighted by Crippen LogP contribution is -2.41. The van der Waals surface area contributed by atoms with E-state index in [1.165, 1.54) is 12.8 Å². The van der Waals surface area contributed by atoms with Crippen LogP contribution in [-0.4, -0.2) is 56.8 Å². The van der Waals surface area contributed by atoms with Crippen LogP contribution in [0.15, 0.2) is 85.4 Å². The Hall–Kier alpha value is -4.01. The van der Waals surface area contributed by atoms with Crippen LogP contribution in [0.25, 0.3) is 16.9 Å². The molecule has 0 radical (unpaired) electrons. The zero-order valence-corrected chi connectivity index (χ0v) is 25.0. The maximum atomic E-state index is 6.38. The van der Waals surface area contributed by atoms with Gasteiger partial charge in [-0.2, -0.15) is 9.97 Å². The number of imidazole rings is 1. The van der Waals surface area contributed by atoms with Gasteiger partial charge in [0.25, 0.3) is 0 Å². The van der Waals surface area contributed by atoms with Gasteiger partial charge in [0.2, 0.25) is 0 Å². The summed E-state index contributed by atoms with van der Waals surface area (Å²) in [6.07, 6.45) is 20.9. The summed E-state index contributed by atoms with van der Waals surface area (Å²) >= 11 is 0. The Morgan fingerprint density at radius 1 is 1.10 bits per heavy atom. The third kappa shape index (κ3) is 6.72. The average molecular weight is 567 g/mol. The number of nitrogens with one attached hydrogen (secondary N) is 1. The number of anilines is 1. The first-order valence-corrected chi connectivity index (χ1v) is 15.2. The number of hydrogen-bond donors (Lipinski definition) is 1. The number of nitrogens with zero attached hydrogens (tertiary/aromatic N) is 5. The first-order chi connectivity index (χ1) is 20.7. The summed E-state index contributed by atoms with van der Waals surface area (Å²) in [5.41, 5.74) is 4.51. The first-order valence-electron chi connectivity index (χ1n) is 15.2. The number of aryl methyl sites for hydroxylation is 1. The molecule has 6 rings (SSSR count). The Bertz CT molecular complexity index is 1490. The molecule has 220 valence electrons. The minimum Gasteiger partial charge on any atom is -0.424 e. The highest BCUT2D eigenvalue weighted by Crippen LogP contribution is 2.34. The highest BCUT2D eigenvalue weighted by atomic mass is 16.5. The van der Waals surface area contributed by atoms with Crippen LogP contribution in [0, 0.1) is 6.92 Å². The SMILES string of the molecule is C=C/C=C(/Oc1nc(NC2=CC=CC(N3CCOCC3)C=C2)c2ncn(C3CCCC3)c2n1)c1ccccc1C.CC. The van der Waals surface area contributed by atoms with Crippen molar-refractivity contribution >= 4 is 22.7 Å². The Kier molecular flexibility index (Phi) is 10.0. The molecule has 2 aliphatic carbocycles. The van der Waals surface area contributed by atoms with Crippen molar-refractivity contribution in [1.82, 2.24) is 24.4 Å². The van der Waals surface area contributed by atoms with Crippen LogP contribution in [0.1, 0.15) is 56.7 Å². The van der Waals surface area contributed by atoms with Gasteiger partial charge in [-0.15, -0.1) is 0 Å². The number of hydrogen-bond acceptors (Lipinski definition) is 7. The first kappa shape index (κ1) is 29.5. The van der Waals surface area contributed by atoms with Crippen molar-refractivity contribution in [2.24, 2.45) is 0 Å². The predicted molar refractivity (Wildman–Crippen MR) is 170 cm³/mol. The van der Waals surface area contributed by atoms with Crippen LogP contribution in [-0.2, 0) is 4.74 Å². The lowest BCUT2D eigenvalue weighted by Gasteiger charge is -2.30. The molecule has 1 aromatic carbocycles. The number of benzene rings is 1. The normalized spacial score (nSPS) is 19.6. The van der Waals surface area contributed by atoms with Gasteiger partial charge < -0.3 is 19.4 Å². The van der Waals surface area contributed by atoms with Gasteiger partial charge in [0.05, 0.1) is 19.5 Å². The third-order valence-electron chi connectivity index (χ3n) is 7.79. The Morgan fingerprint density at radius 2 is 1.88 bits per heavy atom. The monoisotopic (exact) mass is 566 g/mol. The van der Waals surface area contributed by atoms with Gasteiger partial charge in [0, 0.05) is 36.4 Å². The number of ether oxygens (including phenoxy) is 2. The van der Waals surface area contributed by atoms with E-state index in [2.05, 4.69) is 64.7 Å². The molecule has 8 heteroatoms. The zero-order valence-electron chi connectivity index (χ0n) is 25.0. The van der Waals surface area contributed by atoms with E-state index in [1.807, 2.05) is 44.4 Å². The second kappa shape index (κ2) is 14.2. The van der Waals surface area contributed by atoms with Crippen molar-refractivity contribution in [1.29, 1.82) is 0 Å². The quantitative estimate of drug-likeness (QED) is 0.232. The number of allylic oxidation sites excluding steroid dienone is 5. The van der Waals surface area contributed by atoms with Crippen molar-refractivity contribution in [3.8, 4) is 6.01 Å². The molecule has 3 aromatic rings. The average Bonchev–Trinajstić information content (AvgIpc) is 3.65. The maximum absolute atomic E-state index is 6.38. The van der Waals surface area contributed by atoms with E-state index in [1.54, 1.807) is 6.08 Å². The van der Waals surface area contributed by atoms with Gasteiger partial charge in [-0.25, -0.2) is 4.98 Å². The molecule has 1 atom stereocenters. The van der Waals surface area contributed by atoms with Crippen LogP contribution >= 0.6 is 0 Å². The van der Waals surface area contributed by atoms with E-state index in [0.717, 1.165) is 67.1 Å². The summed E-state index contributed by atoms with van der Waals surface area (Å²) in [5, 5.41) is 3.52. The summed E-state index contributed by atoms with van der Waals surface area (Å²) in [5.74, 6) is 1.27. The highest BCUT2D eigenvalue weighted by Gasteiger charge is 2.23. The van der Waals surface area contributed by atoms with Crippen molar-refractivity contribution in [3.05, 3.63) is 96.5 Å². The number of morpholine rings is 1. The van der Waals surface area contributed by atoms with Gasteiger partial charge in [-0.05, 0) is 43.6 Å². The van der Waals surface area contributed by atoms with E-state index in [0.29, 0.717) is 17.6 Å². The number of rotatable bonds is 8. The molecule has 1 N–H and O–H groups in total. The molecule has 1 saturated heterocycles.